The molecule has 7 heavy (non-hydrogen) atoms. The number of carbonyl (C=O) groups excluding carboxylic acids is 1. The second kappa shape index (κ2) is 3.36. The Morgan fingerprint density at radius 1 is 1.71 bits per heavy atom. The van der Waals surface area contributed by atoms with Crippen LogP contribution in [0, 0.1) is 0 Å². The molecule has 0 aliphatic carbocycles. The first-order valence-electron chi connectivity index (χ1n) is 1.60. The van der Waals surface area contributed by atoms with Crippen molar-refractivity contribution in [3.63, 3.8) is 0 Å². The molecule has 0 saturated carbocycles. The monoisotopic (exact) mass is 102 g/mol. The van der Waals surface area contributed by atoms with Gasteiger partial charge >= 0.3 is 0 Å². The summed E-state index contributed by atoms with van der Waals surface area (Å²) in [7, 11) is 0. The molecule has 5 N–H and O–H groups in total. The highest BCUT2D eigenvalue weighted by molar-refractivity contribution is 5.90. The molecule has 0 spiro atoms. The van der Waals surface area contributed by atoms with E-state index in [-0.39, 0.29) is 6.15 Å². The van der Waals surface area contributed by atoms with Gasteiger partial charge in [0.2, 0.25) is 5.91 Å². The van der Waals surface area contributed by atoms with Crippen molar-refractivity contribution in [2.24, 2.45) is 5.73 Å². The summed E-state index contributed by atoms with van der Waals surface area (Å²) in [5, 5.41) is 0. The van der Waals surface area contributed by atoms with Crippen molar-refractivity contribution in [1.29, 1.82) is 0 Å². The minimum absolute atomic E-state index is 0. The van der Waals surface area contributed by atoms with Gasteiger partial charge in [-0.15, -0.1) is 0 Å². The molecule has 0 bridgehead atoms. The Hall–Kier alpha value is -0.830. The van der Waals surface area contributed by atoms with E-state index in [1.54, 1.807) is 6.92 Å². The molecule has 0 rings (SSSR count). The average molecular weight is 102 g/mol. The van der Waals surface area contributed by atoms with Crippen LogP contribution < -0.4 is 11.9 Å². The number of carbonyl (C=O) groups is 1. The SMILES string of the molecule is C=C(C)C(N)=O.N. The van der Waals surface area contributed by atoms with Gasteiger partial charge in [-0.3, -0.25) is 4.79 Å². The maximum Gasteiger partial charge on any atom is 0.243 e. The lowest BCUT2D eigenvalue weighted by Crippen LogP contribution is -2.10. The van der Waals surface area contributed by atoms with Crippen LogP contribution in [0.3, 0.4) is 0 Å². The van der Waals surface area contributed by atoms with Crippen LogP contribution in [-0.4, -0.2) is 5.91 Å². The molecule has 0 unspecified atom stereocenters. The Morgan fingerprint density at radius 3 is 1.86 bits per heavy atom. The molecule has 1 amide bonds. The van der Waals surface area contributed by atoms with Gasteiger partial charge in [-0.1, -0.05) is 6.58 Å². The average Bonchev–Trinajstić information content (AvgIpc) is 1.36. The summed E-state index contributed by atoms with van der Waals surface area (Å²) in [6.45, 7) is 4.85. The number of primary amides is 1. The second-order valence-corrected chi connectivity index (χ2v) is 1.14. The van der Waals surface area contributed by atoms with E-state index in [2.05, 4.69) is 6.58 Å². The molecule has 3 heteroatoms. The molecule has 0 fully saturated rings. The van der Waals surface area contributed by atoms with Gasteiger partial charge in [-0.05, 0) is 6.92 Å². The first-order chi connectivity index (χ1) is 2.64. The van der Waals surface area contributed by atoms with Crippen molar-refractivity contribution >= 4 is 5.91 Å². The predicted molar refractivity (Wildman–Crippen MR) is 29.0 cm³/mol. The molecule has 0 heterocycles. The maximum atomic E-state index is 9.82. The van der Waals surface area contributed by atoms with Gasteiger partial charge in [0.15, 0.2) is 0 Å². The molecule has 42 valence electrons. The fourth-order valence-electron chi connectivity index (χ4n) is 0. The Morgan fingerprint density at radius 2 is 1.86 bits per heavy atom. The first-order valence-corrected chi connectivity index (χ1v) is 1.60. The Bertz CT molecular complexity index is 75.7. The zero-order valence-electron chi connectivity index (χ0n) is 4.40. The number of hydrogen-bond acceptors (Lipinski definition) is 2. The third kappa shape index (κ3) is 5.17. The fourth-order valence-corrected chi connectivity index (χ4v) is 0. The summed E-state index contributed by atoms with van der Waals surface area (Å²) in [5.41, 5.74) is 5.09. The highest BCUT2D eigenvalue weighted by Gasteiger charge is 1.86. The Labute approximate surface area is 42.8 Å². The minimum atomic E-state index is -0.435. The van der Waals surface area contributed by atoms with Crippen molar-refractivity contribution < 1.29 is 4.79 Å². The molecule has 0 saturated heterocycles. The van der Waals surface area contributed by atoms with E-state index in [4.69, 9.17) is 5.73 Å². The summed E-state index contributed by atoms with van der Waals surface area (Å²) in [6, 6.07) is 0. The number of rotatable bonds is 1. The zero-order chi connectivity index (χ0) is 5.15. The largest absolute Gasteiger partial charge is 0.366 e. The summed E-state index contributed by atoms with van der Waals surface area (Å²) in [6.07, 6.45) is 0. The van der Waals surface area contributed by atoms with Crippen LogP contribution in [0.2, 0.25) is 0 Å². The number of nitrogens with two attached hydrogens (primary N) is 1. The highest BCUT2D eigenvalue weighted by Crippen LogP contribution is 1.78. The molecule has 0 aliphatic rings. The van der Waals surface area contributed by atoms with Crippen LogP contribution in [0.15, 0.2) is 12.2 Å². The Kier molecular flexibility index (Phi) is 4.56. The molecular formula is C4H10N2O. The quantitative estimate of drug-likeness (QED) is 0.464. The molecule has 0 aliphatic heterocycles. The van der Waals surface area contributed by atoms with E-state index < -0.39 is 5.91 Å². The molecule has 0 aromatic carbocycles. The van der Waals surface area contributed by atoms with Crippen molar-refractivity contribution in [3.05, 3.63) is 12.2 Å². The molecule has 0 radical (unpaired) electrons. The van der Waals surface area contributed by atoms with Gasteiger partial charge in [0.1, 0.15) is 0 Å². The molecule has 0 atom stereocenters. The molecular weight excluding hydrogens is 92.1 g/mol. The van der Waals surface area contributed by atoms with Gasteiger partial charge < -0.3 is 11.9 Å². The van der Waals surface area contributed by atoms with E-state index >= 15 is 0 Å². The van der Waals surface area contributed by atoms with Gasteiger partial charge in [-0.2, -0.15) is 0 Å². The molecule has 3 nitrogen and oxygen atoms in total. The summed E-state index contributed by atoms with van der Waals surface area (Å²) < 4.78 is 0. The van der Waals surface area contributed by atoms with Gasteiger partial charge in [-0.25, -0.2) is 0 Å². The summed E-state index contributed by atoms with van der Waals surface area (Å²) in [5.74, 6) is -0.435. The van der Waals surface area contributed by atoms with Gasteiger partial charge in [0, 0.05) is 5.57 Å². The van der Waals surface area contributed by atoms with Crippen molar-refractivity contribution in [2.45, 2.75) is 6.92 Å². The lowest BCUT2D eigenvalue weighted by Gasteiger charge is -1.81. The minimum Gasteiger partial charge on any atom is -0.366 e. The van der Waals surface area contributed by atoms with Gasteiger partial charge in [0.05, 0.1) is 0 Å². The lowest BCUT2D eigenvalue weighted by molar-refractivity contribution is -0.114. The normalized spacial score (nSPS) is 6.43. The van der Waals surface area contributed by atoms with E-state index in [1.807, 2.05) is 0 Å². The fraction of sp³-hybridized carbons (Fsp3) is 0.250. The second-order valence-electron chi connectivity index (χ2n) is 1.14. The van der Waals surface area contributed by atoms with Gasteiger partial charge in [0.25, 0.3) is 0 Å². The van der Waals surface area contributed by atoms with Crippen LogP contribution >= 0.6 is 0 Å². The van der Waals surface area contributed by atoms with E-state index in [0.717, 1.165) is 0 Å². The van der Waals surface area contributed by atoms with Crippen LogP contribution in [0.5, 0.6) is 0 Å². The Balaban J connectivity index is 0. The standard InChI is InChI=1S/C4H7NO.H3N/c1-3(2)4(5)6;/h1H2,2H3,(H2,5,6);1H3. The van der Waals surface area contributed by atoms with E-state index in [1.165, 1.54) is 0 Å². The van der Waals surface area contributed by atoms with E-state index in [0.29, 0.717) is 5.57 Å². The number of hydrogen-bond donors (Lipinski definition) is 2. The van der Waals surface area contributed by atoms with Crippen LogP contribution in [0.4, 0.5) is 0 Å². The van der Waals surface area contributed by atoms with Crippen molar-refractivity contribution in [3.8, 4) is 0 Å². The summed E-state index contributed by atoms with van der Waals surface area (Å²) >= 11 is 0. The third-order valence-corrected chi connectivity index (χ3v) is 0.421. The number of amides is 1. The zero-order valence-corrected chi connectivity index (χ0v) is 4.40. The van der Waals surface area contributed by atoms with E-state index in [9.17, 15) is 4.79 Å². The lowest BCUT2D eigenvalue weighted by atomic mass is 10.3. The van der Waals surface area contributed by atoms with Crippen molar-refractivity contribution in [2.75, 3.05) is 0 Å². The van der Waals surface area contributed by atoms with Crippen LogP contribution in [0.25, 0.3) is 0 Å². The molecule has 0 aromatic rings. The highest BCUT2D eigenvalue weighted by atomic mass is 16.1. The smallest absolute Gasteiger partial charge is 0.243 e. The predicted octanol–water partition coefficient (Wildman–Crippen LogP) is 0.210. The van der Waals surface area contributed by atoms with Crippen LogP contribution in [0.1, 0.15) is 6.92 Å². The third-order valence-electron chi connectivity index (χ3n) is 0.421. The topological polar surface area (TPSA) is 78.1 Å². The maximum absolute atomic E-state index is 9.82. The first kappa shape index (κ1) is 9.48. The van der Waals surface area contributed by atoms with Crippen LogP contribution in [-0.2, 0) is 4.79 Å². The summed E-state index contributed by atoms with van der Waals surface area (Å²) in [4.78, 5) is 9.82. The van der Waals surface area contributed by atoms with Crippen molar-refractivity contribution in [1.82, 2.24) is 6.15 Å². The molecule has 0 aromatic heterocycles.